The molecule has 0 bridgehead atoms. The predicted octanol–water partition coefficient (Wildman–Crippen LogP) is 2.34. The molecule has 66 valence electrons. The van der Waals surface area contributed by atoms with Crippen LogP contribution in [0.2, 0.25) is 5.15 Å². The summed E-state index contributed by atoms with van der Waals surface area (Å²) in [6.07, 6.45) is 3.92. The standard InChI is InChI=1S/C8H12ClN3/c1-2-3-5-10-8-11-6-4-7(9)12-8/h4,6H,2-3,5H2,1H3,(H,10,11,12). The maximum atomic E-state index is 5.67. The molecule has 0 aliphatic carbocycles. The summed E-state index contributed by atoms with van der Waals surface area (Å²) >= 11 is 5.67. The Morgan fingerprint density at radius 1 is 1.58 bits per heavy atom. The van der Waals surface area contributed by atoms with E-state index in [0.717, 1.165) is 19.4 Å². The van der Waals surface area contributed by atoms with E-state index in [0.29, 0.717) is 11.1 Å². The molecule has 0 saturated heterocycles. The first-order chi connectivity index (χ1) is 5.83. The van der Waals surface area contributed by atoms with Crippen LogP contribution in [0.1, 0.15) is 19.8 Å². The Balaban J connectivity index is 2.41. The van der Waals surface area contributed by atoms with Crippen molar-refractivity contribution in [1.82, 2.24) is 9.97 Å². The molecule has 1 heterocycles. The van der Waals surface area contributed by atoms with Gasteiger partial charge in [0.1, 0.15) is 5.15 Å². The summed E-state index contributed by atoms with van der Waals surface area (Å²) in [5.41, 5.74) is 0. The van der Waals surface area contributed by atoms with Crippen LogP contribution in [-0.2, 0) is 0 Å². The molecule has 0 atom stereocenters. The monoisotopic (exact) mass is 185 g/mol. The minimum absolute atomic E-state index is 0.476. The van der Waals surface area contributed by atoms with E-state index >= 15 is 0 Å². The van der Waals surface area contributed by atoms with Gasteiger partial charge >= 0.3 is 0 Å². The van der Waals surface area contributed by atoms with Gasteiger partial charge in [-0.25, -0.2) is 9.97 Å². The van der Waals surface area contributed by atoms with E-state index in [1.807, 2.05) is 0 Å². The lowest BCUT2D eigenvalue weighted by atomic mass is 10.3. The number of rotatable bonds is 4. The van der Waals surface area contributed by atoms with Crippen LogP contribution in [0.5, 0.6) is 0 Å². The zero-order valence-electron chi connectivity index (χ0n) is 7.05. The van der Waals surface area contributed by atoms with Crippen molar-refractivity contribution >= 4 is 17.5 Å². The molecule has 1 aromatic heterocycles. The lowest BCUT2D eigenvalue weighted by Crippen LogP contribution is -2.04. The Morgan fingerprint density at radius 2 is 2.42 bits per heavy atom. The van der Waals surface area contributed by atoms with Crippen molar-refractivity contribution in [3.63, 3.8) is 0 Å². The highest BCUT2D eigenvalue weighted by molar-refractivity contribution is 6.29. The molecule has 1 rings (SSSR count). The van der Waals surface area contributed by atoms with Crippen LogP contribution < -0.4 is 5.32 Å². The Hall–Kier alpha value is -0.830. The van der Waals surface area contributed by atoms with Crippen molar-refractivity contribution in [1.29, 1.82) is 0 Å². The first-order valence-corrected chi connectivity index (χ1v) is 4.43. The van der Waals surface area contributed by atoms with Crippen LogP contribution >= 0.6 is 11.6 Å². The summed E-state index contributed by atoms with van der Waals surface area (Å²) in [5, 5.41) is 3.56. The third-order valence-electron chi connectivity index (χ3n) is 1.44. The molecule has 3 nitrogen and oxygen atoms in total. The van der Waals surface area contributed by atoms with Gasteiger partial charge in [-0.3, -0.25) is 0 Å². The normalized spacial score (nSPS) is 9.83. The molecule has 1 N–H and O–H groups in total. The minimum atomic E-state index is 0.476. The first kappa shape index (κ1) is 9.26. The van der Waals surface area contributed by atoms with E-state index in [1.54, 1.807) is 12.3 Å². The summed E-state index contributed by atoms with van der Waals surface area (Å²) in [4.78, 5) is 7.99. The number of unbranched alkanes of at least 4 members (excludes halogenated alkanes) is 1. The van der Waals surface area contributed by atoms with Gasteiger partial charge in [0, 0.05) is 12.7 Å². The van der Waals surface area contributed by atoms with Gasteiger partial charge in [0.05, 0.1) is 0 Å². The molecule has 0 radical (unpaired) electrons. The molecular formula is C8H12ClN3. The Labute approximate surface area is 77.2 Å². The maximum Gasteiger partial charge on any atom is 0.224 e. The topological polar surface area (TPSA) is 37.8 Å². The van der Waals surface area contributed by atoms with Gasteiger partial charge in [0.15, 0.2) is 0 Å². The fourth-order valence-electron chi connectivity index (χ4n) is 0.799. The summed E-state index contributed by atoms with van der Waals surface area (Å²) < 4.78 is 0. The molecule has 0 aliphatic rings. The zero-order chi connectivity index (χ0) is 8.81. The first-order valence-electron chi connectivity index (χ1n) is 4.05. The Bertz CT molecular complexity index is 239. The fourth-order valence-corrected chi connectivity index (χ4v) is 0.935. The number of aromatic nitrogens is 2. The van der Waals surface area contributed by atoms with E-state index in [2.05, 4.69) is 22.2 Å². The molecule has 4 heteroatoms. The van der Waals surface area contributed by atoms with Crippen LogP contribution in [0.4, 0.5) is 5.95 Å². The largest absolute Gasteiger partial charge is 0.354 e. The third kappa shape index (κ3) is 3.05. The van der Waals surface area contributed by atoms with Crippen molar-refractivity contribution in [2.75, 3.05) is 11.9 Å². The molecular weight excluding hydrogens is 174 g/mol. The van der Waals surface area contributed by atoms with Gasteiger partial charge in [0.2, 0.25) is 5.95 Å². The van der Waals surface area contributed by atoms with Crippen LogP contribution in [-0.4, -0.2) is 16.5 Å². The van der Waals surface area contributed by atoms with Crippen LogP contribution in [0.3, 0.4) is 0 Å². The molecule has 0 aliphatic heterocycles. The highest BCUT2D eigenvalue weighted by atomic mass is 35.5. The number of hydrogen-bond donors (Lipinski definition) is 1. The van der Waals surface area contributed by atoms with Crippen molar-refractivity contribution in [2.24, 2.45) is 0 Å². The molecule has 0 saturated carbocycles. The zero-order valence-corrected chi connectivity index (χ0v) is 7.80. The van der Waals surface area contributed by atoms with Crippen molar-refractivity contribution in [2.45, 2.75) is 19.8 Å². The smallest absolute Gasteiger partial charge is 0.224 e. The van der Waals surface area contributed by atoms with Crippen LogP contribution in [0.25, 0.3) is 0 Å². The maximum absolute atomic E-state index is 5.67. The quantitative estimate of drug-likeness (QED) is 0.578. The number of hydrogen-bond acceptors (Lipinski definition) is 3. The second-order valence-corrected chi connectivity index (χ2v) is 2.87. The van der Waals surface area contributed by atoms with Gasteiger partial charge in [-0.05, 0) is 12.5 Å². The SMILES string of the molecule is CCCCNc1nccc(Cl)n1. The molecule has 1 aromatic rings. The second kappa shape index (κ2) is 4.93. The van der Waals surface area contributed by atoms with E-state index in [9.17, 15) is 0 Å². The second-order valence-electron chi connectivity index (χ2n) is 2.48. The Morgan fingerprint density at radius 3 is 3.08 bits per heavy atom. The fraction of sp³-hybridized carbons (Fsp3) is 0.500. The average molecular weight is 186 g/mol. The number of anilines is 1. The molecule has 12 heavy (non-hydrogen) atoms. The average Bonchev–Trinajstić information content (AvgIpc) is 2.05. The summed E-state index contributed by atoms with van der Waals surface area (Å²) in [6.45, 7) is 3.04. The minimum Gasteiger partial charge on any atom is -0.354 e. The summed E-state index contributed by atoms with van der Waals surface area (Å²) in [6, 6.07) is 1.66. The van der Waals surface area contributed by atoms with Crippen molar-refractivity contribution in [3.05, 3.63) is 17.4 Å². The van der Waals surface area contributed by atoms with Gasteiger partial charge in [-0.1, -0.05) is 24.9 Å². The van der Waals surface area contributed by atoms with E-state index in [-0.39, 0.29) is 0 Å². The number of nitrogens with zero attached hydrogens (tertiary/aromatic N) is 2. The third-order valence-corrected chi connectivity index (χ3v) is 1.65. The molecule has 0 aromatic carbocycles. The van der Waals surface area contributed by atoms with E-state index < -0.39 is 0 Å². The van der Waals surface area contributed by atoms with Gasteiger partial charge in [0.25, 0.3) is 0 Å². The highest BCUT2D eigenvalue weighted by Gasteiger charge is 1.94. The summed E-state index contributed by atoms with van der Waals surface area (Å²) in [5.74, 6) is 0.607. The number of halogens is 1. The van der Waals surface area contributed by atoms with Gasteiger partial charge in [-0.15, -0.1) is 0 Å². The van der Waals surface area contributed by atoms with Gasteiger partial charge < -0.3 is 5.32 Å². The molecule has 0 unspecified atom stereocenters. The molecule has 0 amide bonds. The number of nitrogens with one attached hydrogen (secondary N) is 1. The Kier molecular flexibility index (Phi) is 3.80. The lowest BCUT2D eigenvalue weighted by Gasteiger charge is -2.01. The van der Waals surface area contributed by atoms with E-state index in [1.165, 1.54) is 0 Å². The molecule has 0 spiro atoms. The van der Waals surface area contributed by atoms with Crippen molar-refractivity contribution in [3.8, 4) is 0 Å². The lowest BCUT2D eigenvalue weighted by molar-refractivity contribution is 0.826. The van der Waals surface area contributed by atoms with Crippen molar-refractivity contribution < 1.29 is 0 Å². The molecule has 0 fully saturated rings. The van der Waals surface area contributed by atoms with Crippen LogP contribution in [0, 0.1) is 0 Å². The highest BCUT2D eigenvalue weighted by Crippen LogP contribution is 2.05. The van der Waals surface area contributed by atoms with Gasteiger partial charge in [-0.2, -0.15) is 0 Å². The summed E-state index contributed by atoms with van der Waals surface area (Å²) in [7, 11) is 0. The predicted molar refractivity (Wildman–Crippen MR) is 50.4 cm³/mol. The van der Waals surface area contributed by atoms with Crippen LogP contribution in [0.15, 0.2) is 12.3 Å². The van der Waals surface area contributed by atoms with E-state index in [4.69, 9.17) is 11.6 Å².